The van der Waals surface area contributed by atoms with Gasteiger partial charge in [0.15, 0.2) is 5.75 Å². The van der Waals surface area contributed by atoms with Crippen LogP contribution in [0.3, 0.4) is 0 Å². The number of halogens is 2. The smallest absolute Gasteiger partial charge is 0.303 e. The van der Waals surface area contributed by atoms with Gasteiger partial charge in [-0.15, -0.1) is 0 Å². The molecule has 1 atom stereocenters. The Labute approximate surface area is 271 Å². The van der Waals surface area contributed by atoms with E-state index >= 15 is 0 Å². The Kier molecular flexibility index (Phi) is 9.41. The van der Waals surface area contributed by atoms with Crippen LogP contribution in [0.1, 0.15) is 37.7 Å². The number of hydrogen-bond donors (Lipinski definition) is 2. The lowest BCUT2D eigenvalue weighted by Crippen LogP contribution is -2.35. The highest BCUT2D eigenvalue weighted by Crippen LogP contribution is 2.40. The number of pyridine rings is 1. The van der Waals surface area contributed by atoms with Gasteiger partial charge in [0.1, 0.15) is 6.61 Å². The standard InChI is InChI=1S/C32H36Cl2N6O5/c33-24-12-23(13-25(34)14-24)27-9-22(17-38-5-1-21(2-6-38)11-30(43)44)10-28(37-27)45-26-15-35-31(36-16-26)40-8-4-32(20-40)3-7-39(19-32)29(42)18-41/h9-10,12-16,21,41H,1-8,11,17-20H2,(H,43,44). The lowest BCUT2D eigenvalue weighted by Gasteiger charge is -2.31. The SMILES string of the molecule is O=C(O)CC1CCN(Cc2cc(Oc3cnc(N4CCC5(CCN(C(=O)CO)C5)C4)nc3)nc(-c3cc(Cl)cc(Cl)c3)c2)CC1. The predicted molar refractivity (Wildman–Crippen MR) is 170 cm³/mol. The highest BCUT2D eigenvalue weighted by Gasteiger charge is 2.45. The maximum Gasteiger partial charge on any atom is 0.303 e. The van der Waals surface area contributed by atoms with Crippen molar-refractivity contribution < 1.29 is 24.5 Å². The number of carboxylic acid groups (broad SMARTS) is 1. The molecule has 2 N–H and O–H groups in total. The molecular formula is C32H36Cl2N6O5. The third-order valence-electron chi connectivity index (χ3n) is 9.08. The number of aliphatic hydroxyl groups excluding tert-OH is 1. The van der Waals surface area contributed by atoms with E-state index in [1.54, 1.807) is 23.4 Å². The number of benzene rings is 1. The van der Waals surface area contributed by atoms with Crippen molar-refractivity contribution >= 4 is 41.0 Å². The van der Waals surface area contributed by atoms with Gasteiger partial charge in [0.25, 0.3) is 0 Å². The van der Waals surface area contributed by atoms with E-state index < -0.39 is 12.6 Å². The molecule has 238 valence electrons. The number of nitrogens with zero attached hydrogens (tertiary/aromatic N) is 6. The van der Waals surface area contributed by atoms with Gasteiger partial charge in [0.2, 0.25) is 17.7 Å². The van der Waals surface area contributed by atoms with Crippen LogP contribution in [0.25, 0.3) is 11.3 Å². The number of carbonyl (C=O) groups is 2. The summed E-state index contributed by atoms with van der Waals surface area (Å²) in [7, 11) is 0. The molecule has 1 unspecified atom stereocenters. The molecule has 3 aromatic rings. The van der Waals surface area contributed by atoms with E-state index in [0.29, 0.717) is 53.0 Å². The molecule has 0 radical (unpaired) electrons. The van der Waals surface area contributed by atoms with Crippen LogP contribution in [0, 0.1) is 11.3 Å². The summed E-state index contributed by atoms with van der Waals surface area (Å²) in [5.74, 6) is 0.679. The van der Waals surface area contributed by atoms with Crippen molar-refractivity contribution in [3.8, 4) is 22.9 Å². The third-order valence-corrected chi connectivity index (χ3v) is 9.52. The summed E-state index contributed by atoms with van der Waals surface area (Å²) in [6.07, 6.45) is 7.02. The Morgan fingerprint density at radius 1 is 0.956 bits per heavy atom. The van der Waals surface area contributed by atoms with Gasteiger partial charge >= 0.3 is 5.97 Å². The van der Waals surface area contributed by atoms with E-state index in [9.17, 15) is 14.7 Å². The average Bonchev–Trinajstić information content (AvgIpc) is 3.63. The van der Waals surface area contributed by atoms with Crippen LogP contribution in [0.2, 0.25) is 10.0 Å². The molecule has 0 saturated carbocycles. The number of anilines is 1. The van der Waals surface area contributed by atoms with Crippen molar-refractivity contribution in [3.05, 3.63) is 58.3 Å². The van der Waals surface area contributed by atoms with E-state index in [4.69, 9.17) is 38.0 Å². The number of aliphatic hydroxyl groups is 1. The molecule has 3 fully saturated rings. The molecule has 6 rings (SSSR count). The minimum Gasteiger partial charge on any atom is -0.481 e. The van der Waals surface area contributed by atoms with Crippen LogP contribution in [0.15, 0.2) is 42.7 Å². The molecule has 3 aliphatic rings. The van der Waals surface area contributed by atoms with Gasteiger partial charge in [-0.1, -0.05) is 23.2 Å². The fourth-order valence-electron chi connectivity index (χ4n) is 6.74. The van der Waals surface area contributed by atoms with E-state index in [2.05, 4.69) is 19.8 Å². The van der Waals surface area contributed by atoms with Crippen molar-refractivity contribution in [2.45, 2.75) is 38.6 Å². The van der Waals surface area contributed by atoms with Crippen LogP contribution in [0.4, 0.5) is 5.95 Å². The summed E-state index contributed by atoms with van der Waals surface area (Å²) >= 11 is 12.6. The first-order valence-electron chi connectivity index (χ1n) is 15.2. The number of carbonyl (C=O) groups excluding carboxylic acids is 1. The number of likely N-dealkylation sites (tertiary alicyclic amines) is 2. The minimum atomic E-state index is -0.743. The summed E-state index contributed by atoms with van der Waals surface area (Å²) in [5, 5.41) is 19.4. The third kappa shape index (κ3) is 7.66. The van der Waals surface area contributed by atoms with Crippen molar-refractivity contribution in [1.29, 1.82) is 0 Å². The first-order chi connectivity index (χ1) is 21.7. The maximum atomic E-state index is 12.0. The lowest BCUT2D eigenvalue weighted by atomic mass is 9.86. The van der Waals surface area contributed by atoms with E-state index in [0.717, 1.165) is 63.0 Å². The molecule has 2 aromatic heterocycles. The number of ether oxygens (including phenoxy) is 1. The molecule has 1 spiro atoms. The Morgan fingerprint density at radius 2 is 1.67 bits per heavy atom. The number of piperidine rings is 1. The van der Waals surface area contributed by atoms with Crippen molar-refractivity contribution in [2.75, 3.05) is 50.8 Å². The molecule has 0 aliphatic carbocycles. The van der Waals surface area contributed by atoms with Crippen LogP contribution >= 0.6 is 23.2 Å². The minimum absolute atomic E-state index is 0.00111. The van der Waals surface area contributed by atoms with Crippen molar-refractivity contribution in [2.24, 2.45) is 11.3 Å². The number of rotatable bonds is 9. The second-order valence-electron chi connectivity index (χ2n) is 12.4. The van der Waals surface area contributed by atoms with Gasteiger partial charge in [-0.25, -0.2) is 15.0 Å². The van der Waals surface area contributed by atoms with Crippen LogP contribution in [-0.2, 0) is 16.1 Å². The monoisotopic (exact) mass is 654 g/mol. The zero-order valence-electron chi connectivity index (χ0n) is 24.9. The molecule has 3 aliphatic heterocycles. The van der Waals surface area contributed by atoms with Crippen LogP contribution in [-0.4, -0.2) is 92.7 Å². The second kappa shape index (κ2) is 13.5. The maximum absolute atomic E-state index is 12.0. The normalized spacial score (nSPS) is 20.7. The molecule has 13 heteroatoms. The summed E-state index contributed by atoms with van der Waals surface area (Å²) in [5.41, 5.74) is 2.42. The zero-order valence-corrected chi connectivity index (χ0v) is 26.4. The first kappa shape index (κ1) is 31.5. The van der Waals surface area contributed by atoms with Gasteiger partial charge < -0.3 is 24.7 Å². The average molecular weight is 656 g/mol. The van der Waals surface area contributed by atoms with Gasteiger partial charge in [-0.3, -0.25) is 14.5 Å². The van der Waals surface area contributed by atoms with Gasteiger partial charge in [-0.05, 0) is 74.5 Å². The summed E-state index contributed by atoms with van der Waals surface area (Å²) in [6.45, 7) is 4.70. The van der Waals surface area contributed by atoms with Gasteiger partial charge in [0, 0.05) is 66.2 Å². The Morgan fingerprint density at radius 3 is 2.36 bits per heavy atom. The molecular weight excluding hydrogens is 619 g/mol. The number of aliphatic carboxylic acids is 1. The predicted octanol–water partition coefficient (Wildman–Crippen LogP) is 4.75. The topological polar surface area (TPSA) is 132 Å². The Balaban J connectivity index is 1.16. The van der Waals surface area contributed by atoms with Crippen molar-refractivity contribution in [1.82, 2.24) is 24.8 Å². The van der Waals surface area contributed by atoms with Crippen LogP contribution in [0.5, 0.6) is 11.6 Å². The molecule has 11 nitrogen and oxygen atoms in total. The molecule has 3 saturated heterocycles. The number of carboxylic acids is 1. The quantitative estimate of drug-likeness (QED) is 0.333. The Hall–Kier alpha value is -3.51. The van der Waals surface area contributed by atoms with E-state index in [-0.39, 0.29) is 23.7 Å². The summed E-state index contributed by atoms with van der Waals surface area (Å²) < 4.78 is 6.18. The Bertz CT molecular complexity index is 1530. The number of amides is 1. The molecule has 45 heavy (non-hydrogen) atoms. The summed E-state index contributed by atoms with van der Waals surface area (Å²) in [6, 6.07) is 9.19. The van der Waals surface area contributed by atoms with E-state index in [1.807, 2.05) is 24.3 Å². The van der Waals surface area contributed by atoms with Gasteiger partial charge in [-0.2, -0.15) is 0 Å². The van der Waals surface area contributed by atoms with Gasteiger partial charge in [0.05, 0.1) is 18.1 Å². The highest BCUT2D eigenvalue weighted by atomic mass is 35.5. The molecule has 1 aromatic carbocycles. The van der Waals surface area contributed by atoms with Crippen molar-refractivity contribution in [3.63, 3.8) is 0 Å². The highest BCUT2D eigenvalue weighted by molar-refractivity contribution is 6.35. The first-order valence-corrected chi connectivity index (χ1v) is 16.0. The molecule has 5 heterocycles. The summed E-state index contributed by atoms with van der Waals surface area (Å²) in [4.78, 5) is 43.2. The number of aromatic nitrogens is 3. The number of hydrogen-bond acceptors (Lipinski definition) is 9. The fourth-order valence-corrected chi connectivity index (χ4v) is 7.27. The largest absolute Gasteiger partial charge is 0.481 e. The second-order valence-corrected chi connectivity index (χ2v) is 13.3. The molecule has 0 bridgehead atoms. The lowest BCUT2D eigenvalue weighted by molar-refractivity contribution is -0.138. The van der Waals surface area contributed by atoms with E-state index in [1.165, 1.54) is 0 Å². The fraction of sp³-hybridized carbons (Fsp3) is 0.469. The van der Waals surface area contributed by atoms with Crippen LogP contribution < -0.4 is 9.64 Å². The molecule has 1 amide bonds. The zero-order chi connectivity index (χ0) is 31.6.